The van der Waals surface area contributed by atoms with Gasteiger partial charge in [0.2, 0.25) is 11.2 Å². The number of rotatable bonds is 9. The van der Waals surface area contributed by atoms with Crippen LogP contribution < -0.4 is 14.9 Å². The number of unbranched alkanes of at least 4 members (excludes halogenated alkanes) is 3. The number of carbonyl (C=O) groups excluding carboxylic acids is 1. The molecule has 0 atom stereocenters. The maximum atomic E-state index is 14.1. The lowest BCUT2D eigenvalue weighted by Gasteiger charge is -2.16. The number of benzene rings is 3. The van der Waals surface area contributed by atoms with Crippen LogP contribution in [0.1, 0.15) is 65.4 Å². The van der Waals surface area contributed by atoms with E-state index in [0.717, 1.165) is 41.3 Å². The van der Waals surface area contributed by atoms with E-state index in [9.17, 15) is 22.8 Å². The Morgan fingerprint density at radius 1 is 0.950 bits per heavy atom. The van der Waals surface area contributed by atoms with Gasteiger partial charge in [0, 0.05) is 10.5 Å². The van der Waals surface area contributed by atoms with Gasteiger partial charge in [-0.25, -0.2) is 4.79 Å². The Labute approximate surface area is 238 Å². The molecule has 4 aromatic rings. The topological polar surface area (TPSA) is 65.7 Å². The molecule has 0 fully saturated rings. The number of alkyl halides is 3. The van der Waals surface area contributed by atoms with Crippen LogP contribution in [0.5, 0.6) is 17.2 Å². The van der Waals surface area contributed by atoms with Crippen molar-refractivity contribution in [3.63, 3.8) is 0 Å². The van der Waals surface area contributed by atoms with Gasteiger partial charge in [-0.2, -0.15) is 13.2 Å². The Morgan fingerprint density at radius 3 is 2.25 bits per heavy atom. The number of aryl methyl sites for hydroxylation is 3. The Morgan fingerprint density at radius 2 is 1.62 bits per heavy atom. The first-order valence-corrected chi connectivity index (χ1v) is 13.7. The number of carbonyl (C=O) groups is 1. The van der Waals surface area contributed by atoms with E-state index in [1.54, 1.807) is 50.2 Å². The van der Waals surface area contributed by atoms with Gasteiger partial charge in [-0.05, 0) is 85.8 Å². The first-order valence-electron chi connectivity index (χ1n) is 12.9. The molecule has 0 saturated heterocycles. The molecule has 9 heteroatoms. The lowest BCUT2D eigenvalue weighted by Crippen LogP contribution is -2.16. The number of hydrogen-bond acceptors (Lipinski definition) is 5. The third kappa shape index (κ3) is 6.94. The molecule has 1 aromatic heterocycles. The SMILES string of the molecule is CCCCCCc1cc2c(=O)c(Oc3cc(C)cc(C)c3)c(C(F)(F)F)oc2cc1OC(=O)c1ccc(Br)cc1. The van der Waals surface area contributed by atoms with E-state index in [0.29, 0.717) is 12.0 Å². The van der Waals surface area contributed by atoms with Gasteiger partial charge >= 0.3 is 12.1 Å². The van der Waals surface area contributed by atoms with Crippen LogP contribution in [0.4, 0.5) is 13.2 Å². The summed E-state index contributed by atoms with van der Waals surface area (Å²) in [6.07, 6.45) is -0.933. The summed E-state index contributed by atoms with van der Waals surface area (Å²) in [5.41, 5.74) is 0.975. The molecule has 0 radical (unpaired) electrons. The molecule has 0 aliphatic rings. The first kappa shape index (κ1) is 29.4. The molecule has 40 heavy (non-hydrogen) atoms. The third-order valence-electron chi connectivity index (χ3n) is 6.29. The van der Waals surface area contributed by atoms with Gasteiger partial charge in [0.1, 0.15) is 17.1 Å². The maximum Gasteiger partial charge on any atom is 0.453 e. The van der Waals surface area contributed by atoms with Crippen molar-refractivity contribution in [1.82, 2.24) is 0 Å². The molecular formula is C31H28BrF3O5. The number of esters is 1. The second kappa shape index (κ2) is 12.3. The molecule has 4 rings (SSSR count). The highest BCUT2D eigenvalue weighted by Crippen LogP contribution is 2.40. The fourth-order valence-corrected chi connectivity index (χ4v) is 4.68. The van der Waals surface area contributed by atoms with Crippen molar-refractivity contribution in [1.29, 1.82) is 0 Å². The Balaban J connectivity index is 1.84. The number of ether oxygens (including phenoxy) is 2. The van der Waals surface area contributed by atoms with Crippen molar-refractivity contribution in [2.24, 2.45) is 0 Å². The van der Waals surface area contributed by atoms with Gasteiger partial charge in [0.05, 0.1) is 10.9 Å². The fraction of sp³-hybridized carbons (Fsp3) is 0.290. The van der Waals surface area contributed by atoms with Crippen molar-refractivity contribution in [2.75, 3.05) is 0 Å². The van der Waals surface area contributed by atoms with Crippen LogP contribution in [0.3, 0.4) is 0 Å². The molecule has 210 valence electrons. The summed E-state index contributed by atoms with van der Waals surface area (Å²) < 4.78 is 59.5. The monoisotopic (exact) mass is 616 g/mol. The van der Waals surface area contributed by atoms with E-state index < -0.39 is 29.1 Å². The van der Waals surface area contributed by atoms with Crippen LogP contribution in [0, 0.1) is 13.8 Å². The molecular weight excluding hydrogens is 589 g/mol. The van der Waals surface area contributed by atoms with E-state index in [1.807, 2.05) is 6.07 Å². The lowest BCUT2D eigenvalue weighted by atomic mass is 10.0. The van der Waals surface area contributed by atoms with Crippen LogP contribution in [0.15, 0.2) is 68.3 Å². The Kier molecular flexibility index (Phi) is 9.03. The molecule has 0 bridgehead atoms. The highest BCUT2D eigenvalue weighted by Gasteiger charge is 2.40. The van der Waals surface area contributed by atoms with Crippen LogP contribution >= 0.6 is 15.9 Å². The van der Waals surface area contributed by atoms with E-state index in [2.05, 4.69) is 22.9 Å². The fourth-order valence-electron chi connectivity index (χ4n) is 4.42. The quantitative estimate of drug-likeness (QED) is 0.106. The van der Waals surface area contributed by atoms with Gasteiger partial charge in [0.25, 0.3) is 5.76 Å². The first-order chi connectivity index (χ1) is 19.0. The van der Waals surface area contributed by atoms with Gasteiger partial charge in [-0.15, -0.1) is 0 Å². The summed E-state index contributed by atoms with van der Waals surface area (Å²) >= 11 is 3.31. The van der Waals surface area contributed by atoms with Gasteiger partial charge in [-0.3, -0.25) is 4.79 Å². The van der Waals surface area contributed by atoms with Gasteiger partial charge < -0.3 is 13.9 Å². The van der Waals surface area contributed by atoms with Gasteiger partial charge in [0.15, 0.2) is 0 Å². The minimum Gasteiger partial charge on any atom is -0.449 e. The van der Waals surface area contributed by atoms with Crippen molar-refractivity contribution in [2.45, 2.75) is 59.1 Å². The number of halogens is 4. The Hall–Kier alpha value is -3.59. The van der Waals surface area contributed by atoms with Crippen molar-refractivity contribution < 1.29 is 31.9 Å². The van der Waals surface area contributed by atoms with Crippen molar-refractivity contribution in [3.05, 3.63) is 97.3 Å². The second-order valence-electron chi connectivity index (χ2n) is 9.68. The largest absolute Gasteiger partial charge is 0.453 e. The van der Waals surface area contributed by atoms with Crippen LogP contribution in [0.25, 0.3) is 11.0 Å². The van der Waals surface area contributed by atoms with E-state index >= 15 is 0 Å². The summed E-state index contributed by atoms with van der Waals surface area (Å²) in [5.74, 6) is -3.06. The normalized spacial score (nSPS) is 11.6. The van der Waals surface area contributed by atoms with Crippen molar-refractivity contribution >= 4 is 32.9 Å². The molecule has 0 unspecified atom stereocenters. The molecule has 0 amide bonds. The zero-order valence-electron chi connectivity index (χ0n) is 22.3. The summed E-state index contributed by atoms with van der Waals surface area (Å²) in [4.78, 5) is 26.4. The zero-order chi connectivity index (χ0) is 29.0. The molecule has 0 saturated carbocycles. The van der Waals surface area contributed by atoms with E-state index in [1.165, 1.54) is 12.1 Å². The molecule has 0 aliphatic carbocycles. The highest BCUT2D eigenvalue weighted by atomic mass is 79.9. The predicted molar refractivity (Wildman–Crippen MR) is 150 cm³/mol. The molecule has 0 N–H and O–H groups in total. The number of fused-ring (bicyclic) bond motifs is 1. The maximum absolute atomic E-state index is 14.1. The molecule has 0 aliphatic heterocycles. The third-order valence-corrected chi connectivity index (χ3v) is 6.82. The predicted octanol–water partition coefficient (Wildman–Crippen LogP) is 9.33. The van der Waals surface area contributed by atoms with Gasteiger partial charge in [-0.1, -0.05) is 48.2 Å². The summed E-state index contributed by atoms with van der Waals surface area (Å²) in [6.45, 7) is 5.62. The minimum absolute atomic E-state index is 0.0381. The van der Waals surface area contributed by atoms with E-state index in [4.69, 9.17) is 13.9 Å². The highest BCUT2D eigenvalue weighted by molar-refractivity contribution is 9.10. The molecule has 0 spiro atoms. The lowest BCUT2D eigenvalue weighted by molar-refractivity contribution is -0.154. The molecule has 5 nitrogen and oxygen atoms in total. The smallest absolute Gasteiger partial charge is 0.449 e. The standard InChI is InChI=1S/C31H28BrF3O5/c1-4-5-6-7-8-21-16-24-26(17-25(21)40-30(37)20-9-11-22(32)12-10-20)39-29(31(33,34)35)28(27(24)36)38-23-14-18(2)13-19(3)15-23/h9-17H,4-8H2,1-3H3. The summed E-state index contributed by atoms with van der Waals surface area (Å²) in [5, 5.41) is -0.0960. The number of hydrogen-bond donors (Lipinski definition) is 0. The second-order valence-corrected chi connectivity index (χ2v) is 10.6. The minimum atomic E-state index is -5.02. The van der Waals surface area contributed by atoms with E-state index in [-0.39, 0.29) is 28.0 Å². The molecule has 3 aromatic carbocycles. The summed E-state index contributed by atoms with van der Waals surface area (Å²) in [7, 11) is 0. The average molecular weight is 617 g/mol. The Bertz CT molecular complexity index is 1570. The summed E-state index contributed by atoms with van der Waals surface area (Å²) in [6, 6.07) is 14.0. The van der Waals surface area contributed by atoms with Crippen molar-refractivity contribution in [3.8, 4) is 17.2 Å². The molecule has 1 heterocycles. The van der Waals surface area contributed by atoms with Crippen LogP contribution in [-0.4, -0.2) is 5.97 Å². The van der Waals surface area contributed by atoms with Crippen LogP contribution in [0.2, 0.25) is 0 Å². The average Bonchev–Trinajstić information content (AvgIpc) is 2.87. The van der Waals surface area contributed by atoms with Crippen LogP contribution in [-0.2, 0) is 12.6 Å². The zero-order valence-corrected chi connectivity index (χ0v) is 23.9.